The Morgan fingerprint density at radius 3 is 2.52 bits per heavy atom. The van der Waals surface area contributed by atoms with E-state index in [-0.39, 0.29) is 0 Å². The van der Waals surface area contributed by atoms with Crippen LogP contribution in [0.5, 0.6) is 0 Å². The summed E-state index contributed by atoms with van der Waals surface area (Å²) in [4.78, 5) is 10.0. The monoisotopic (exact) mass is 390 g/mol. The molecule has 1 aliphatic heterocycles. The second-order valence-electron chi connectivity index (χ2n) is 8.30. The summed E-state index contributed by atoms with van der Waals surface area (Å²) in [6, 6.07) is 12.7. The highest BCUT2D eigenvalue weighted by molar-refractivity contribution is 5.71. The first kappa shape index (κ1) is 18.6. The number of aromatic nitrogens is 2. The lowest BCUT2D eigenvalue weighted by atomic mass is 10.1. The maximum atomic E-state index is 5.94. The lowest BCUT2D eigenvalue weighted by Crippen LogP contribution is -2.46. The number of pyridine rings is 1. The third kappa shape index (κ3) is 4.16. The average Bonchev–Trinajstić information content (AvgIpc) is 3.54. The van der Waals surface area contributed by atoms with Gasteiger partial charge >= 0.3 is 0 Å². The Hall–Kier alpha value is -2.37. The zero-order valence-electron chi connectivity index (χ0n) is 17.3. The van der Waals surface area contributed by atoms with E-state index in [1.165, 1.54) is 29.7 Å². The van der Waals surface area contributed by atoms with E-state index in [2.05, 4.69) is 51.7 Å². The van der Waals surface area contributed by atoms with Crippen LogP contribution < -0.4 is 4.90 Å². The molecule has 3 aromatic rings. The number of rotatable bonds is 7. The van der Waals surface area contributed by atoms with Crippen molar-refractivity contribution in [1.82, 2.24) is 14.3 Å². The number of likely N-dealkylation sites (N-methyl/N-ethyl adjacent to an activating group) is 1. The molecular weight excluding hydrogens is 360 g/mol. The summed E-state index contributed by atoms with van der Waals surface area (Å²) in [5, 5.41) is 0. The first-order valence-electron chi connectivity index (χ1n) is 10.9. The highest BCUT2D eigenvalue weighted by atomic mass is 16.5. The normalized spacial score (nSPS) is 17.9. The van der Waals surface area contributed by atoms with E-state index >= 15 is 0 Å². The number of fused-ring (bicyclic) bond motifs is 1. The van der Waals surface area contributed by atoms with Crippen LogP contribution in [0.4, 0.5) is 5.69 Å². The van der Waals surface area contributed by atoms with E-state index < -0.39 is 0 Å². The van der Waals surface area contributed by atoms with Gasteiger partial charge in [0.1, 0.15) is 0 Å². The molecule has 0 spiro atoms. The number of hydrogen-bond acceptors (Lipinski definition) is 4. The minimum atomic E-state index is 0.540. The summed E-state index contributed by atoms with van der Waals surface area (Å²) in [7, 11) is 0. The number of piperazine rings is 1. The van der Waals surface area contributed by atoms with Crippen molar-refractivity contribution in [2.75, 3.05) is 37.6 Å². The summed E-state index contributed by atoms with van der Waals surface area (Å²) < 4.78 is 8.18. The molecule has 1 aromatic carbocycles. The third-order valence-electron chi connectivity index (χ3n) is 6.17. The van der Waals surface area contributed by atoms with Crippen molar-refractivity contribution in [2.45, 2.75) is 38.9 Å². The number of nitrogens with zero attached hydrogens (tertiary/aromatic N) is 4. The van der Waals surface area contributed by atoms with Gasteiger partial charge < -0.3 is 18.9 Å². The summed E-state index contributed by atoms with van der Waals surface area (Å²) in [6.45, 7) is 8.95. The summed E-state index contributed by atoms with van der Waals surface area (Å²) in [6.07, 6.45) is 7.07. The van der Waals surface area contributed by atoms with Crippen molar-refractivity contribution >= 4 is 11.3 Å². The fraction of sp³-hybridized carbons (Fsp3) is 0.458. The first-order chi connectivity index (χ1) is 14.3. The van der Waals surface area contributed by atoms with Gasteiger partial charge in [-0.1, -0.05) is 37.3 Å². The highest BCUT2D eigenvalue weighted by Crippen LogP contribution is 2.42. The Labute approximate surface area is 172 Å². The Kier molecular flexibility index (Phi) is 5.25. The topological polar surface area (TPSA) is 33.0 Å². The zero-order valence-corrected chi connectivity index (χ0v) is 17.3. The summed E-state index contributed by atoms with van der Waals surface area (Å²) in [5.74, 6) is 0.732. The number of ether oxygens (including phenoxy) is 1. The molecule has 5 heteroatoms. The molecular formula is C24H30N4O. The predicted octanol–water partition coefficient (Wildman–Crippen LogP) is 4.07. The molecule has 1 saturated heterocycles. The standard InChI is InChI=1S/C24H30N4O/c1-2-26-10-12-27(13-11-26)23-14-21(20-8-9-20)15-28-16-22(25-24(23)28)18-29-17-19-6-4-3-5-7-19/h3-7,14-16,20H,2,8-13,17-18H2,1H3. The smallest absolute Gasteiger partial charge is 0.160 e. The molecule has 3 heterocycles. The largest absolute Gasteiger partial charge is 0.370 e. The molecule has 1 saturated carbocycles. The Morgan fingerprint density at radius 2 is 1.79 bits per heavy atom. The lowest BCUT2D eigenvalue weighted by Gasteiger charge is -2.35. The van der Waals surface area contributed by atoms with Gasteiger partial charge in [0, 0.05) is 38.6 Å². The number of anilines is 1. The minimum absolute atomic E-state index is 0.540. The SMILES string of the molecule is CCN1CCN(c2cc(C3CC3)cn3cc(COCc4ccccc4)nc23)CC1. The first-order valence-corrected chi connectivity index (χ1v) is 10.9. The van der Waals surface area contributed by atoms with Crippen molar-refractivity contribution in [3.05, 3.63) is 65.6 Å². The van der Waals surface area contributed by atoms with Gasteiger partial charge in [0.15, 0.2) is 5.65 Å². The Balaban J connectivity index is 1.37. The van der Waals surface area contributed by atoms with Crippen molar-refractivity contribution in [1.29, 1.82) is 0 Å². The summed E-state index contributed by atoms with van der Waals surface area (Å²) in [5.41, 5.74) is 6.01. The average molecular weight is 391 g/mol. The van der Waals surface area contributed by atoms with Gasteiger partial charge in [-0.25, -0.2) is 4.98 Å². The number of hydrogen-bond donors (Lipinski definition) is 0. The molecule has 152 valence electrons. The van der Waals surface area contributed by atoms with Crippen molar-refractivity contribution in [2.24, 2.45) is 0 Å². The third-order valence-corrected chi connectivity index (χ3v) is 6.17. The van der Waals surface area contributed by atoms with Gasteiger partial charge in [0.05, 0.1) is 24.6 Å². The van der Waals surface area contributed by atoms with Crippen molar-refractivity contribution in [3.63, 3.8) is 0 Å². The second-order valence-corrected chi connectivity index (χ2v) is 8.30. The second kappa shape index (κ2) is 8.17. The maximum Gasteiger partial charge on any atom is 0.160 e. The van der Waals surface area contributed by atoms with Crippen LogP contribution in [0.2, 0.25) is 0 Å². The minimum Gasteiger partial charge on any atom is -0.370 e. The molecule has 2 aliphatic rings. The van der Waals surface area contributed by atoms with Crippen molar-refractivity contribution in [3.8, 4) is 0 Å². The lowest BCUT2D eigenvalue weighted by molar-refractivity contribution is 0.105. The van der Waals surface area contributed by atoms with Crippen molar-refractivity contribution < 1.29 is 4.74 Å². The predicted molar refractivity (Wildman–Crippen MR) is 116 cm³/mol. The van der Waals surface area contributed by atoms with Crippen LogP contribution in [0.1, 0.15) is 42.5 Å². The van der Waals surface area contributed by atoms with Crippen LogP contribution in [0.25, 0.3) is 5.65 Å². The molecule has 0 N–H and O–H groups in total. The fourth-order valence-electron chi connectivity index (χ4n) is 4.25. The Morgan fingerprint density at radius 1 is 1.00 bits per heavy atom. The molecule has 5 rings (SSSR count). The Bertz CT molecular complexity index is 956. The van der Waals surface area contributed by atoms with Gasteiger partial charge in [-0.15, -0.1) is 0 Å². The van der Waals surface area contributed by atoms with Gasteiger partial charge in [0.25, 0.3) is 0 Å². The van der Waals surface area contributed by atoms with Crippen LogP contribution in [0, 0.1) is 0 Å². The number of imidazole rings is 1. The van der Waals surface area contributed by atoms with Gasteiger partial charge in [-0.05, 0) is 42.5 Å². The molecule has 0 radical (unpaired) electrons. The quantitative estimate of drug-likeness (QED) is 0.609. The van der Waals surface area contributed by atoms with Crippen LogP contribution >= 0.6 is 0 Å². The van der Waals surface area contributed by atoms with Gasteiger partial charge in [-0.3, -0.25) is 0 Å². The zero-order chi connectivity index (χ0) is 19.6. The van der Waals surface area contributed by atoms with Crippen LogP contribution in [0.15, 0.2) is 48.8 Å². The van der Waals surface area contributed by atoms with E-state index in [9.17, 15) is 0 Å². The highest BCUT2D eigenvalue weighted by Gasteiger charge is 2.27. The molecule has 0 unspecified atom stereocenters. The van der Waals surface area contributed by atoms with E-state index in [0.717, 1.165) is 50.0 Å². The molecule has 1 aliphatic carbocycles. The van der Waals surface area contributed by atoms with Crippen LogP contribution in [-0.4, -0.2) is 47.0 Å². The fourth-order valence-corrected chi connectivity index (χ4v) is 4.25. The van der Waals surface area contributed by atoms with Gasteiger partial charge in [-0.2, -0.15) is 0 Å². The van der Waals surface area contributed by atoms with E-state index in [4.69, 9.17) is 9.72 Å². The van der Waals surface area contributed by atoms with E-state index in [1.807, 2.05) is 18.2 Å². The number of benzene rings is 1. The maximum absolute atomic E-state index is 5.94. The molecule has 0 amide bonds. The molecule has 2 aromatic heterocycles. The van der Waals surface area contributed by atoms with Crippen LogP contribution in [0.3, 0.4) is 0 Å². The summed E-state index contributed by atoms with van der Waals surface area (Å²) >= 11 is 0. The van der Waals surface area contributed by atoms with E-state index in [1.54, 1.807) is 0 Å². The molecule has 0 bridgehead atoms. The van der Waals surface area contributed by atoms with Gasteiger partial charge in [0.2, 0.25) is 0 Å². The molecule has 5 nitrogen and oxygen atoms in total. The molecule has 2 fully saturated rings. The molecule has 29 heavy (non-hydrogen) atoms. The molecule has 0 atom stereocenters. The van der Waals surface area contributed by atoms with Crippen LogP contribution in [-0.2, 0) is 18.0 Å². The van der Waals surface area contributed by atoms with E-state index in [0.29, 0.717) is 13.2 Å².